The largest absolute Gasteiger partial charge is 0.465 e. The van der Waals surface area contributed by atoms with Crippen molar-refractivity contribution >= 4 is 16.9 Å². The number of methoxy groups -OCH3 is 1. The molecule has 1 N–H and O–H groups in total. The summed E-state index contributed by atoms with van der Waals surface area (Å²) in [4.78, 5) is 31.1. The zero-order valence-electron chi connectivity index (χ0n) is 12.0. The summed E-state index contributed by atoms with van der Waals surface area (Å²) in [7, 11) is 1.34. The topological polar surface area (TPSA) is 72.0 Å². The number of hydrogen-bond acceptors (Lipinski definition) is 4. The minimum atomic E-state index is -0.404. The number of rotatable bonds is 3. The molecule has 0 saturated heterocycles. The maximum Gasteiger partial charge on any atom is 0.338 e. The van der Waals surface area contributed by atoms with Crippen molar-refractivity contribution < 1.29 is 9.53 Å². The van der Waals surface area contributed by atoms with Crippen LogP contribution in [0, 0.1) is 0 Å². The third kappa shape index (κ3) is 2.61. The van der Waals surface area contributed by atoms with Crippen LogP contribution in [0.5, 0.6) is 0 Å². The number of fused-ring (bicyclic) bond motifs is 1. The number of benzene rings is 2. The van der Waals surface area contributed by atoms with Crippen LogP contribution >= 0.6 is 0 Å². The second-order valence-electron chi connectivity index (χ2n) is 4.86. The monoisotopic (exact) mass is 294 g/mol. The molecule has 22 heavy (non-hydrogen) atoms. The third-order valence-electron chi connectivity index (χ3n) is 3.44. The summed E-state index contributed by atoms with van der Waals surface area (Å²) in [5.41, 5.74) is 1.68. The Labute approximate surface area is 126 Å². The number of carbonyl (C=O) groups excluding carboxylic acids is 1. The number of hydrogen-bond donors (Lipinski definition) is 1. The van der Waals surface area contributed by atoms with Gasteiger partial charge in [-0.05, 0) is 23.8 Å². The Bertz CT molecular complexity index is 900. The Morgan fingerprint density at radius 3 is 2.68 bits per heavy atom. The fourth-order valence-corrected chi connectivity index (χ4v) is 2.38. The van der Waals surface area contributed by atoms with Crippen molar-refractivity contribution in [3.8, 4) is 0 Å². The normalized spacial score (nSPS) is 10.6. The highest BCUT2D eigenvalue weighted by Gasteiger charge is 2.12. The number of nitrogens with one attached hydrogen (secondary N) is 1. The van der Waals surface area contributed by atoms with Gasteiger partial charge < -0.3 is 9.72 Å². The minimum Gasteiger partial charge on any atom is -0.465 e. The van der Waals surface area contributed by atoms with Crippen LogP contribution in [0.15, 0.2) is 53.3 Å². The van der Waals surface area contributed by atoms with Crippen LogP contribution in [0.1, 0.15) is 21.7 Å². The van der Waals surface area contributed by atoms with E-state index in [1.54, 1.807) is 30.3 Å². The summed E-state index contributed by atoms with van der Waals surface area (Å²) in [5, 5.41) is 0.549. The summed E-state index contributed by atoms with van der Waals surface area (Å²) in [5.74, 6) is 0.110. The molecule has 1 heterocycles. The highest BCUT2D eigenvalue weighted by Crippen LogP contribution is 2.14. The molecule has 0 saturated carbocycles. The molecule has 0 atom stereocenters. The summed E-state index contributed by atoms with van der Waals surface area (Å²) in [6.45, 7) is 0. The number of aromatic nitrogens is 2. The van der Waals surface area contributed by atoms with Gasteiger partial charge in [0.1, 0.15) is 5.82 Å². The van der Waals surface area contributed by atoms with E-state index >= 15 is 0 Å². The Morgan fingerprint density at radius 1 is 1.14 bits per heavy atom. The van der Waals surface area contributed by atoms with Gasteiger partial charge in [0.25, 0.3) is 5.56 Å². The average Bonchev–Trinajstić information content (AvgIpc) is 2.55. The van der Waals surface area contributed by atoms with Crippen LogP contribution in [0.25, 0.3) is 10.9 Å². The first kappa shape index (κ1) is 14.0. The molecule has 0 aliphatic heterocycles. The van der Waals surface area contributed by atoms with E-state index in [1.165, 1.54) is 7.11 Å². The minimum absolute atomic E-state index is 0.184. The van der Waals surface area contributed by atoms with Gasteiger partial charge in [0.05, 0.1) is 23.6 Å². The molecule has 5 heteroatoms. The maximum absolute atomic E-state index is 12.1. The van der Waals surface area contributed by atoms with Gasteiger partial charge in [0, 0.05) is 6.42 Å². The van der Waals surface area contributed by atoms with Crippen LogP contribution in [-0.2, 0) is 11.2 Å². The number of para-hydroxylation sites is 1. The van der Waals surface area contributed by atoms with Gasteiger partial charge in [-0.3, -0.25) is 4.79 Å². The van der Waals surface area contributed by atoms with E-state index in [-0.39, 0.29) is 5.56 Å². The lowest BCUT2D eigenvalue weighted by Crippen LogP contribution is -2.13. The Morgan fingerprint density at radius 2 is 1.86 bits per heavy atom. The van der Waals surface area contributed by atoms with E-state index in [9.17, 15) is 9.59 Å². The molecule has 0 aliphatic rings. The van der Waals surface area contributed by atoms with Crippen molar-refractivity contribution in [3.63, 3.8) is 0 Å². The van der Waals surface area contributed by atoms with Crippen molar-refractivity contribution in [1.29, 1.82) is 0 Å². The molecule has 0 bridgehead atoms. The fourth-order valence-electron chi connectivity index (χ4n) is 2.38. The van der Waals surface area contributed by atoms with Crippen LogP contribution < -0.4 is 5.56 Å². The van der Waals surface area contributed by atoms with Gasteiger partial charge in [-0.1, -0.05) is 30.3 Å². The number of H-pyrrole nitrogens is 1. The number of esters is 1. The van der Waals surface area contributed by atoms with E-state index in [1.807, 2.05) is 18.2 Å². The van der Waals surface area contributed by atoms with Crippen molar-refractivity contribution in [1.82, 2.24) is 9.97 Å². The predicted molar refractivity (Wildman–Crippen MR) is 83.0 cm³/mol. The number of aromatic amines is 1. The maximum atomic E-state index is 12.1. The van der Waals surface area contributed by atoms with Crippen LogP contribution in [-0.4, -0.2) is 23.0 Å². The van der Waals surface area contributed by atoms with E-state index in [0.29, 0.717) is 28.7 Å². The Kier molecular flexibility index (Phi) is 3.70. The van der Waals surface area contributed by atoms with Crippen molar-refractivity contribution in [2.24, 2.45) is 0 Å². The summed E-state index contributed by atoms with van der Waals surface area (Å²) in [6, 6.07) is 14.3. The van der Waals surface area contributed by atoms with Gasteiger partial charge in [-0.25, -0.2) is 9.78 Å². The second kappa shape index (κ2) is 5.81. The molecule has 0 amide bonds. The van der Waals surface area contributed by atoms with Gasteiger partial charge in [0.2, 0.25) is 0 Å². The molecule has 0 spiro atoms. The molecule has 0 aliphatic carbocycles. The lowest BCUT2D eigenvalue weighted by atomic mass is 10.0. The number of ether oxygens (including phenoxy) is 1. The zero-order valence-corrected chi connectivity index (χ0v) is 12.0. The molecule has 3 rings (SSSR count). The molecule has 3 aromatic rings. The molecule has 5 nitrogen and oxygen atoms in total. The molecule has 2 aromatic carbocycles. The molecular formula is C17H14N2O3. The smallest absolute Gasteiger partial charge is 0.338 e. The number of carbonyl (C=O) groups is 1. The molecule has 0 radical (unpaired) electrons. The first-order valence-corrected chi connectivity index (χ1v) is 6.83. The van der Waals surface area contributed by atoms with Crippen molar-refractivity contribution in [2.75, 3.05) is 7.11 Å². The zero-order chi connectivity index (χ0) is 15.5. The molecule has 0 unspecified atom stereocenters. The number of nitrogens with zero attached hydrogens (tertiary/aromatic N) is 1. The lowest BCUT2D eigenvalue weighted by Gasteiger charge is -2.08. The summed E-state index contributed by atoms with van der Waals surface area (Å²) < 4.78 is 4.78. The predicted octanol–water partition coefficient (Wildman–Crippen LogP) is 2.30. The van der Waals surface area contributed by atoms with Crippen LogP contribution in [0.2, 0.25) is 0 Å². The highest BCUT2D eigenvalue weighted by atomic mass is 16.5. The molecular weight excluding hydrogens is 280 g/mol. The van der Waals surface area contributed by atoms with Gasteiger partial charge in [-0.15, -0.1) is 0 Å². The van der Waals surface area contributed by atoms with Crippen LogP contribution in [0.4, 0.5) is 0 Å². The second-order valence-corrected chi connectivity index (χ2v) is 4.86. The van der Waals surface area contributed by atoms with Gasteiger partial charge in [0.15, 0.2) is 0 Å². The fraction of sp³-hybridized carbons (Fsp3) is 0.118. The molecule has 1 aromatic heterocycles. The van der Waals surface area contributed by atoms with Crippen molar-refractivity contribution in [2.45, 2.75) is 6.42 Å². The summed E-state index contributed by atoms with van der Waals surface area (Å²) in [6.07, 6.45) is 0.353. The first-order chi connectivity index (χ1) is 10.7. The van der Waals surface area contributed by atoms with Gasteiger partial charge in [-0.2, -0.15) is 0 Å². The van der Waals surface area contributed by atoms with E-state index in [4.69, 9.17) is 4.74 Å². The standard InChI is InChI=1S/C17H14N2O3/c1-22-17(21)12-7-3-2-6-11(12)10-15-18-14-9-5-4-8-13(14)16(20)19-15/h2-9H,10H2,1H3,(H,18,19,20). The Hall–Kier alpha value is -2.95. The summed E-state index contributed by atoms with van der Waals surface area (Å²) >= 11 is 0. The quantitative estimate of drug-likeness (QED) is 0.752. The SMILES string of the molecule is COC(=O)c1ccccc1Cc1nc2ccccc2c(=O)[nH]1. The highest BCUT2D eigenvalue weighted by molar-refractivity contribution is 5.91. The first-order valence-electron chi connectivity index (χ1n) is 6.83. The van der Waals surface area contributed by atoms with Crippen molar-refractivity contribution in [3.05, 3.63) is 75.8 Å². The van der Waals surface area contributed by atoms with E-state index in [2.05, 4.69) is 9.97 Å². The van der Waals surface area contributed by atoms with E-state index < -0.39 is 5.97 Å². The average molecular weight is 294 g/mol. The molecule has 110 valence electrons. The van der Waals surface area contributed by atoms with E-state index in [0.717, 1.165) is 5.56 Å². The molecule has 0 fully saturated rings. The van der Waals surface area contributed by atoms with Crippen LogP contribution in [0.3, 0.4) is 0 Å². The third-order valence-corrected chi connectivity index (χ3v) is 3.44. The Balaban J connectivity index is 2.04. The lowest BCUT2D eigenvalue weighted by molar-refractivity contribution is 0.0599. The van der Waals surface area contributed by atoms with Gasteiger partial charge >= 0.3 is 5.97 Å².